The summed E-state index contributed by atoms with van der Waals surface area (Å²) in [6.45, 7) is 13.4. The van der Waals surface area contributed by atoms with E-state index < -0.39 is 0 Å². The Bertz CT molecular complexity index is 668. The van der Waals surface area contributed by atoms with Crippen LogP contribution in [0.15, 0.2) is 12.7 Å². The van der Waals surface area contributed by atoms with E-state index in [4.69, 9.17) is 44.3 Å². The van der Waals surface area contributed by atoms with Gasteiger partial charge >= 0.3 is 0 Å². The van der Waals surface area contributed by atoms with E-state index in [1.807, 2.05) is 0 Å². The van der Waals surface area contributed by atoms with Gasteiger partial charge in [0.15, 0.2) is 0 Å². The minimum Gasteiger partial charge on any atom is -0.379 e. The molecule has 0 aromatic carbocycles. The summed E-state index contributed by atoms with van der Waals surface area (Å²) in [6, 6.07) is 0. The van der Waals surface area contributed by atoms with Gasteiger partial charge in [0.25, 0.3) is 0 Å². The molecule has 0 heterocycles. The molecule has 0 spiro atoms. The van der Waals surface area contributed by atoms with Crippen molar-refractivity contribution in [1.29, 1.82) is 0 Å². The molecule has 50 heavy (non-hydrogen) atoms. The van der Waals surface area contributed by atoms with Gasteiger partial charge in [-0.3, -0.25) is 0 Å². The summed E-state index contributed by atoms with van der Waals surface area (Å²) in [5.41, 5.74) is 0. The zero-order chi connectivity index (χ0) is 35.9. The number of ether oxygens (including phenoxy) is 8. The molecular weight excluding hydrogens is 673 g/mol. The summed E-state index contributed by atoms with van der Waals surface area (Å²) in [4.78, 5) is 0. The molecule has 0 bridgehead atoms. The van der Waals surface area contributed by atoms with Crippen LogP contribution in [0, 0.1) is 12.3 Å². The topological polar surface area (TPSA) is 73.8 Å². The molecule has 0 aromatic rings. The monoisotopic (exact) mass is 748 g/mol. The molecule has 0 saturated heterocycles. The second-order valence-corrected chi connectivity index (χ2v) is 15.0. The van der Waals surface area contributed by atoms with Gasteiger partial charge in [-0.15, -0.1) is 13.0 Å². The van der Waals surface area contributed by atoms with Gasteiger partial charge in [0.1, 0.15) is 6.61 Å². The molecule has 0 amide bonds. The molecule has 0 N–H and O–H groups in total. The average Bonchev–Trinajstić information content (AvgIpc) is 3.13. The van der Waals surface area contributed by atoms with Crippen LogP contribution in [-0.2, 0) is 37.9 Å². The zero-order valence-electron chi connectivity index (χ0n) is 31.9. The second kappa shape index (κ2) is 48.7. The van der Waals surface area contributed by atoms with Crippen LogP contribution in [0.2, 0.25) is 0 Å². The van der Waals surface area contributed by atoms with Gasteiger partial charge in [-0.25, -0.2) is 0 Å². The van der Waals surface area contributed by atoms with Crippen LogP contribution in [0.3, 0.4) is 0 Å². The van der Waals surface area contributed by atoms with Crippen LogP contribution in [0.25, 0.3) is 0 Å². The van der Waals surface area contributed by atoms with E-state index in [1.54, 1.807) is 6.08 Å². The maximum atomic E-state index is 5.67. The summed E-state index contributed by atoms with van der Waals surface area (Å²) in [5, 5.41) is 0. The Labute approximate surface area is 316 Å². The standard InChI is InChI=1S/C40H76O8S2/c1-3-23-41-27-31-45-35-37-47-33-29-43-25-19-15-11-7-5-9-13-17-21-39-49-50-40-22-18-14-10-6-8-12-16-20-26-44-30-34-48-38-36-46-32-28-42-24-4-2/h1,4H,2,5-40H2. The summed E-state index contributed by atoms with van der Waals surface area (Å²) >= 11 is 0. The maximum Gasteiger partial charge on any atom is 0.107 e. The highest BCUT2D eigenvalue weighted by atomic mass is 33.1. The predicted molar refractivity (Wildman–Crippen MR) is 214 cm³/mol. The van der Waals surface area contributed by atoms with Crippen molar-refractivity contribution in [3.63, 3.8) is 0 Å². The number of unbranched alkanes of at least 4 members (excludes halogenated alkanes) is 16. The van der Waals surface area contributed by atoms with Crippen molar-refractivity contribution in [3.8, 4) is 12.3 Å². The van der Waals surface area contributed by atoms with Crippen LogP contribution in [0.5, 0.6) is 0 Å². The van der Waals surface area contributed by atoms with Crippen LogP contribution >= 0.6 is 21.6 Å². The number of terminal acetylenes is 1. The van der Waals surface area contributed by atoms with Crippen molar-refractivity contribution in [1.82, 2.24) is 0 Å². The fraction of sp³-hybridized carbons (Fsp3) is 0.900. The highest BCUT2D eigenvalue weighted by Gasteiger charge is 1.98. The van der Waals surface area contributed by atoms with Gasteiger partial charge in [-0.2, -0.15) is 0 Å². The Balaban J connectivity index is 3.05. The Kier molecular flexibility index (Phi) is 48.4. The first-order valence-electron chi connectivity index (χ1n) is 19.8. The summed E-state index contributed by atoms with van der Waals surface area (Å²) < 4.78 is 43.5. The quantitative estimate of drug-likeness (QED) is 0.0260. The number of rotatable bonds is 46. The zero-order valence-corrected chi connectivity index (χ0v) is 33.5. The van der Waals surface area contributed by atoms with Crippen molar-refractivity contribution in [2.75, 3.05) is 117 Å². The van der Waals surface area contributed by atoms with Gasteiger partial charge in [-0.1, -0.05) is 123 Å². The Morgan fingerprint density at radius 1 is 0.360 bits per heavy atom. The highest BCUT2D eigenvalue weighted by molar-refractivity contribution is 8.76. The second-order valence-electron chi connectivity index (χ2n) is 12.3. The maximum absolute atomic E-state index is 5.67. The molecule has 0 radical (unpaired) electrons. The molecule has 0 fully saturated rings. The van der Waals surface area contributed by atoms with E-state index in [2.05, 4.69) is 34.1 Å². The molecule has 10 heteroatoms. The van der Waals surface area contributed by atoms with Crippen molar-refractivity contribution < 1.29 is 37.9 Å². The number of hydrogen-bond acceptors (Lipinski definition) is 10. The van der Waals surface area contributed by atoms with Gasteiger partial charge in [0.2, 0.25) is 0 Å². The summed E-state index contributed by atoms with van der Waals surface area (Å²) in [7, 11) is 4.18. The van der Waals surface area contributed by atoms with E-state index in [-0.39, 0.29) is 0 Å². The van der Waals surface area contributed by atoms with E-state index in [0.717, 1.165) is 26.1 Å². The third kappa shape index (κ3) is 47.7. The minimum atomic E-state index is 0.337. The van der Waals surface area contributed by atoms with E-state index in [0.29, 0.717) is 92.5 Å². The van der Waals surface area contributed by atoms with E-state index >= 15 is 0 Å². The predicted octanol–water partition coefficient (Wildman–Crippen LogP) is 9.34. The molecule has 0 aliphatic heterocycles. The van der Waals surface area contributed by atoms with Crippen molar-refractivity contribution in [2.24, 2.45) is 0 Å². The first-order chi connectivity index (χ1) is 24.9. The Morgan fingerprint density at radius 3 is 0.980 bits per heavy atom. The molecule has 0 aliphatic rings. The molecule has 8 nitrogen and oxygen atoms in total. The average molecular weight is 749 g/mol. The Hall–Kier alpha value is -0.320. The SMILES string of the molecule is C#CCOCCOCCOCCOCCCCCCCCCCCSSCCCCCCCCCCCOCCOCCOCCOCC=C. The lowest BCUT2D eigenvalue weighted by Crippen LogP contribution is -2.12. The summed E-state index contributed by atoms with van der Waals surface area (Å²) in [6.07, 6.45) is 31.0. The van der Waals surface area contributed by atoms with E-state index in [1.165, 1.54) is 114 Å². The first kappa shape index (κ1) is 49.7. The van der Waals surface area contributed by atoms with Gasteiger partial charge in [0.05, 0.1) is 85.9 Å². The highest BCUT2D eigenvalue weighted by Crippen LogP contribution is 2.25. The molecule has 0 unspecified atom stereocenters. The van der Waals surface area contributed by atoms with Crippen molar-refractivity contribution >= 4 is 21.6 Å². The third-order valence-electron chi connectivity index (χ3n) is 7.77. The molecule has 0 aromatic heterocycles. The van der Waals surface area contributed by atoms with Crippen molar-refractivity contribution in [3.05, 3.63) is 12.7 Å². The van der Waals surface area contributed by atoms with Gasteiger partial charge < -0.3 is 37.9 Å². The third-order valence-corrected chi connectivity index (χ3v) is 10.3. The lowest BCUT2D eigenvalue weighted by Gasteiger charge is -2.07. The minimum absolute atomic E-state index is 0.337. The molecule has 0 atom stereocenters. The molecule has 296 valence electrons. The largest absolute Gasteiger partial charge is 0.379 e. The fourth-order valence-corrected chi connectivity index (χ4v) is 7.23. The van der Waals surface area contributed by atoms with Crippen LogP contribution in [-0.4, -0.2) is 117 Å². The lowest BCUT2D eigenvalue weighted by molar-refractivity contribution is 0.000526. The van der Waals surface area contributed by atoms with Crippen LogP contribution in [0.4, 0.5) is 0 Å². The van der Waals surface area contributed by atoms with Crippen LogP contribution < -0.4 is 0 Å². The van der Waals surface area contributed by atoms with Gasteiger partial charge in [0, 0.05) is 24.7 Å². The van der Waals surface area contributed by atoms with Gasteiger partial charge in [-0.05, 0) is 25.7 Å². The Morgan fingerprint density at radius 2 is 0.640 bits per heavy atom. The fourth-order valence-electron chi connectivity index (χ4n) is 4.94. The smallest absolute Gasteiger partial charge is 0.107 e. The van der Waals surface area contributed by atoms with Crippen LogP contribution in [0.1, 0.15) is 116 Å². The lowest BCUT2D eigenvalue weighted by atomic mass is 10.1. The van der Waals surface area contributed by atoms with Crippen molar-refractivity contribution in [2.45, 2.75) is 116 Å². The normalized spacial score (nSPS) is 11.3. The summed E-state index contributed by atoms with van der Waals surface area (Å²) in [5.74, 6) is 5.06. The van der Waals surface area contributed by atoms with E-state index in [9.17, 15) is 0 Å². The molecule has 0 rings (SSSR count). The molecule has 0 saturated carbocycles. The molecule has 0 aliphatic carbocycles. The molecular formula is C40H76O8S2. The number of hydrogen-bond donors (Lipinski definition) is 0. The first-order valence-corrected chi connectivity index (χ1v) is 22.3.